The highest BCUT2D eigenvalue weighted by molar-refractivity contribution is 5.55. The van der Waals surface area contributed by atoms with Gasteiger partial charge in [-0.3, -0.25) is 0 Å². The molecule has 1 aliphatic heterocycles. The van der Waals surface area contributed by atoms with Gasteiger partial charge >= 0.3 is 0 Å². The van der Waals surface area contributed by atoms with E-state index < -0.39 is 0 Å². The molecule has 1 aromatic rings. The molecule has 1 heteroatoms. The molecule has 0 fully saturated rings. The Morgan fingerprint density at radius 2 is 1.74 bits per heavy atom. The Kier molecular flexibility index (Phi) is 2.67. The third kappa shape index (κ3) is 1.57. The van der Waals surface area contributed by atoms with Crippen molar-refractivity contribution in [1.29, 1.82) is 0 Å². The van der Waals surface area contributed by atoms with Crippen molar-refractivity contribution in [3.63, 3.8) is 0 Å². The van der Waals surface area contributed by atoms with E-state index in [1.807, 2.05) is 0 Å². The first kappa shape index (κ1) is 13.2. The number of benzene rings is 1. The van der Waals surface area contributed by atoms with Crippen LogP contribution in [0.2, 0.25) is 0 Å². The Labute approximate surface area is 117 Å². The zero-order chi connectivity index (χ0) is 14.0. The number of fused-ring (bicyclic) bond motifs is 3. The highest BCUT2D eigenvalue weighted by Gasteiger charge is 2.50. The van der Waals surface area contributed by atoms with Crippen LogP contribution in [0.25, 0.3) is 0 Å². The third-order valence-electron chi connectivity index (χ3n) is 5.96. The molecular weight excluding hydrogens is 232 g/mol. The topological polar surface area (TPSA) is 9.23 Å². The van der Waals surface area contributed by atoms with Crippen LogP contribution < -0.4 is 0 Å². The molecule has 1 aromatic carbocycles. The molecule has 19 heavy (non-hydrogen) atoms. The van der Waals surface area contributed by atoms with Crippen LogP contribution in [0.15, 0.2) is 12.1 Å². The van der Waals surface area contributed by atoms with Crippen molar-refractivity contribution >= 4 is 0 Å². The summed E-state index contributed by atoms with van der Waals surface area (Å²) in [4.78, 5) is 0. The van der Waals surface area contributed by atoms with Gasteiger partial charge in [0.2, 0.25) is 0 Å². The molecule has 1 aliphatic carbocycles. The fourth-order valence-electron chi connectivity index (χ4n) is 4.36. The first-order valence-corrected chi connectivity index (χ1v) is 7.52. The highest BCUT2D eigenvalue weighted by Crippen LogP contribution is 2.56. The lowest BCUT2D eigenvalue weighted by molar-refractivity contribution is 0.0941. The first-order chi connectivity index (χ1) is 8.78. The van der Waals surface area contributed by atoms with Crippen LogP contribution in [0.5, 0.6) is 0 Å². The molecule has 0 saturated heterocycles. The molecule has 2 aliphatic rings. The van der Waals surface area contributed by atoms with E-state index in [-0.39, 0.29) is 10.8 Å². The van der Waals surface area contributed by atoms with Crippen molar-refractivity contribution in [2.24, 2.45) is 5.92 Å². The second kappa shape index (κ2) is 3.85. The third-order valence-corrected chi connectivity index (χ3v) is 5.96. The Balaban J connectivity index is 2.32. The van der Waals surface area contributed by atoms with Crippen LogP contribution >= 0.6 is 0 Å². The molecule has 0 N–H and O–H groups in total. The summed E-state index contributed by atoms with van der Waals surface area (Å²) in [6, 6.07) is 4.67. The largest absolute Gasteiger partial charge is 0.376 e. The van der Waals surface area contributed by atoms with Gasteiger partial charge in [-0.05, 0) is 39.0 Å². The first-order valence-electron chi connectivity index (χ1n) is 7.52. The van der Waals surface area contributed by atoms with Crippen LogP contribution in [0.4, 0.5) is 0 Å². The Morgan fingerprint density at radius 3 is 2.42 bits per heavy atom. The number of rotatable bonds is 0. The normalized spacial score (nSPS) is 30.8. The lowest BCUT2D eigenvalue weighted by Crippen LogP contribution is -2.31. The number of hydrogen-bond acceptors (Lipinski definition) is 1. The van der Waals surface area contributed by atoms with E-state index in [2.05, 4.69) is 53.7 Å². The summed E-state index contributed by atoms with van der Waals surface area (Å²) >= 11 is 0. The summed E-state index contributed by atoms with van der Waals surface area (Å²) in [7, 11) is 0. The molecular formula is C18H26O. The summed E-state index contributed by atoms with van der Waals surface area (Å²) in [5.41, 5.74) is 6.72. The van der Waals surface area contributed by atoms with Gasteiger partial charge in [-0.2, -0.15) is 0 Å². The van der Waals surface area contributed by atoms with Gasteiger partial charge in [0.05, 0.1) is 13.2 Å². The van der Waals surface area contributed by atoms with E-state index in [1.54, 1.807) is 16.7 Å². The smallest absolute Gasteiger partial charge is 0.0720 e. The SMILES string of the molecule is CC1COCc2ccc3c(c21)C(C)(C)C(C)C3(C)C. The fraction of sp³-hybridized carbons (Fsp3) is 0.667. The van der Waals surface area contributed by atoms with E-state index in [4.69, 9.17) is 4.74 Å². The Bertz CT molecular complexity index is 525. The number of hydrogen-bond donors (Lipinski definition) is 0. The van der Waals surface area contributed by atoms with Gasteiger partial charge in [0.1, 0.15) is 0 Å². The second-order valence-corrected chi connectivity index (χ2v) is 7.64. The molecule has 0 saturated carbocycles. The number of ether oxygens (including phenoxy) is 1. The van der Waals surface area contributed by atoms with Gasteiger partial charge in [-0.1, -0.05) is 53.7 Å². The van der Waals surface area contributed by atoms with Crippen LogP contribution in [0, 0.1) is 5.92 Å². The van der Waals surface area contributed by atoms with E-state index in [0.29, 0.717) is 11.8 Å². The van der Waals surface area contributed by atoms with Gasteiger partial charge in [-0.25, -0.2) is 0 Å². The van der Waals surface area contributed by atoms with Gasteiger partial charge in [0.15, 0.2) is 0 Å². The second-order valence-electron chi connectivity index (χ2n) is 7.64. The molecule has 1 heterocycles. The lowest BCUT2D eigenvalue weighted by atomic mass is 9.70. The zero-order valence-corrected chi connectivity index (χ0v) is 13.1. The Morgan fingerprint density at radius 1 is 1.05 bits per heavy atom. The average molecular weight is 258 g/mol. The van der Waals surface area contributed by atoms with Crippen molar-refractivity contribution in [3.8, 4) is 0 Å². The molecule has 1 nitrogen and oxygen atoms in total. The summed E-state index contributed by atoms with van der Waals surface area (Å²) in [5.74, 6) is 1.19. The molecule has 2 unspecified atom stereocenters. The van der Waals surface area contributed by atoms with Crippen molar-refractivity contribution in [1.82, 2.24) is 0 Å². The molecule has 104 valence electrons. The summed E-state index contributed by atoms with van der Waals surface area (Å²) in [6.45, 7) is 16.0. The van der Waals surface area contributed by atoms with Crippen LogP contribution in [0.1, 0.15) is 69.7 Å². The quantitative estimate of drug-likeness (QED) is 0.664. The highest BCUT2D eigenvalue weighted by atomic mass is 16.5. The summed E-state index contributed by atoms with van der Waals surface area (Å²) < 4.78 is 5.71. The molecule has 0 amide bonds. The van der Waals surface area contributed by atoms with Crippen LogP contribution in [-0.4, -0.2) is 6.61 Å². The molecule has 0 aromatic heterocycles. The van der Waals surface area contributed by atoms with Gasteiger partial charge in [-0.15, -0.1) is 0 Å². The maximum absolute atomic E-state index is 5.71. The van der Waals surface area contributed by atoms with Crippen molar-refractivity contribution in [3.05, 3.63) is 34.4 Å². The summed E-state index contributed by atoms with van der Waals surface area (Å²) in [6.07, 6.45) is 0. The maximum Gasteiger partial charge on any atom is 0.0720 e. The minimum absolute atomic E-state index is 0.260. The van der Waals surface area contributed by atoms with E-state index >= 15 is 0 Å². The van der Waals surface area contributed by atoms with Crippen molar-refractivity contribution in [2.75, 3.05) is 6.61 Å². The van der Waals surface area contributed by atoms with E-state index in [9.17, 15) is 0 Å². The molecule has 0 radical (unpaired) electrons. The van der Waals surface area contributed by atoms with Crippen LogP contribution in [0.3, 0.4) is 0 Å². The van der Waals surface area contributed by atoms with Crippen molar-refractivity contribution < 1.29 is 4.74 Å². The van der Waals surface area contributed by atoms with Crippen LogP contribution in [-0.2, 0) is 22.2 Å². The lowest BCUT2D eigenvalue weighted by Gasteiger charge is -2.34. The maximum atomic E-state index is 5.71. The zero-order valence-electron chi connectivity index (χ0n) is 13.1. The average Bonchev–Trinajstić information content (AvgIpc) is 2.49. The van der Waals surface area contributed by atoms with E-state index in [0.717, 1.165) is 13.2 Å². The molecule has 0 bridgehead atoms. The monoisotopic (exact) mass is 258 g/mol. The standard InChI is InChI=1S/C18H26O/c1-11-9-19-10-13-7-8-14-16(15(11)13)18(5,6)12(2)17(14,3)4/h7-8,11-12H,9-10H2,1-6H3. The van der Waals surface area contributed by atoms with Gasteiger partial charge < -0.3 is 4.74 Å². The van der Waals surface area contributed by atoms with Gasteiger partial charge in [0.25, 0.3) is 0 Å². The molecule has 2 atom stereocenters. The minimum Gasteiger partial charge on any atom is -0.376 e. The molecule has 0 spiro atoms. The predicted octanol–water partition coefficient (Wildman–Crippen LogP) is 4.53. The van der Waals surface area contributed by atoms with Gasteiger partial charge in [0, 0.05) is 5.92 Å². The summed E-state index contributed by atoms with van der Waals surface area (Å²) in [5, 5.41) is 0. The predicted molar refractivity (Wildman–Crippen MR) is 79.7 cm³/mol. The van der Waals surface area contributed by atoms with Crippen molar-refractivity contribution in [2.45, 2.75) is 64.9 Å². The minimum atomic E-state index is 0.260. The Hall–Kier alpha value is -0.820. The molecule has 3 rings (SSSR count). The van der Waals surface area contributed by atoms with E-state index in [1.165, 1.54) is 5.56 Å². The fourth-order valence-corrected chi connectivity index (χ4v) is 4.36.